The molecule has 1 aliphatic rings. The maximum absolute atomic E-state index is 5.46. The third kappa shape index (κ3) is 7.95. The van der Waals surface area contributed by atoms with Crippen molar-refractivity contribution < 1.29 is 4.74 Å². The molecular weight excluding hydrogens is 451 g/mol. The van der Waals surface area contributed by atoms with E-state index in [9.17, 15) is 0 Å². The zero-order valence-electron chi connectivity index (χ0n) is 17.5. The summed E-state index contributed by atoms with van der Waals surface area (Å²) in [5.74, 6) is 0.802. The number of methoxy groups -OCH3 is 1. The van der Waals surface area contributed by atoms with E-state index in [0.29, 0.717) is 12.6 Å². The summed E-state index contributed by atoms with van der Waals surface area (Å²) in [4.78, 5) is 6.93. The van der Waals surface area contributed by atoms with Gasteiger partial charge in [-0.2, -0.15) is 0 Å². The number of halogens is 1. The summed E-state index contributed by atoms with van der Waals surface area (Å²) in [7, 11) is 3.53. The van der Waals surface area contributed by atoms with Crippen molar-refractivity contribution in [2.45, 2.75) is 64.8 Å². The van der Waals surface area contributed by atoms with Crippen LogP contribution in [-0.2, 0) is 17.8 Å². The molecule has 0 saturated carbocycles. The molecule has 0 spiro atoms. The highest BCUT2D eigenvalue weighted by atomic mass is 127. The van der Waals surface area contributed by atoms with E-state index in [-0.39, 0.29) is 29.6 Å². The lowest BCUT2D eigenvalue weighted by atomic mass is 10.0. The summed E-state index contributed by atoms with van der Waals surface area (Å²) in [6, 6.07) is 9.40. The van der Waals surface area contributed by atoms with Crippen LogP contribution < -0.4 is 10.6 Å². The molecule has 0 aromatic heterocycles. The first-order valence-corrected chi connectivity index (χ1v) is 9.75. The number of likely N-dealkylation sites (tertiary alicyclic amines) is 1. The lowest BCUT2D eigenvalue weighted by Crippen LogP contribution is -2.45. The summed E-state index contributed by atoms with van der Waals surface area (Å²) >= 11 is 0. The van der Waals surface area contributed by atoms with Crippen LogP contribution in [0.4, 0.5) is 0 Å². The minimum Gasteiger partial charge on any atom is -0.377 e. The van der Waals surface area contributed by atoms with Gasteiger partial charge in [-0.25, -0.2) is 0 Å². The zero-order valence-corrected chi connectivity index (χ0v) is 19.9. The van der Waals surface area contributed by atoms with Crippen LogP contribution in [0, 0.1) is 0 Å². The Morgan fingerprint density at radius 2 is 1.93 bits per heavy atom. The number of ether oxygens (including phenoxy) is 1. The van der Waals surface area contributed by atoms with Gasteiger partial charge in [-0.3, -0.25) is 9.89 Å². The van der Waals surface area contributed by atoms with Gasteiger partial charge in [0.2, 0.25) is 0 Å². The van der Waals surface area contributed by atoms with Gasteiger partial charge in [0, 0.05) is 39.8 Å². The van der Waals surface area contributed by atoms with Gasteiger partial charge in [0.1, 0.15) is 0 Å². The van der Waals surface area contributed by atoms with Crippen molar-refractivity contribution in [3.05, 3.63) is 35.4 Å². The Hall–Kier alpha value is -0.860. The molecule has 1 aromatic carbocycles. The average molecular weight is 488 g/mol. The SMILES string of the molecule is CN=C(NCc1ccccc1CN1CCCCC1C)NCC(C)(C)OC.I. The van der Waals surface area contributed by atoms with E-state index in [1.807, 2.05) is 0 Å². The molecule has 6 heteroatoms. The molecule has 1 aliphatic heterocycles. The Bertz CT molecular complexity index is 591. The second-order valence-electron chi connectivity index (χ2n) is 7.83. The van der Waals surface area contributed by atoms with Crippen molar-refractivity contribution >= 4 is 29.9 Å². The van der Waals surface area contributed by atoms with Crippen LogP contribution in [0.2, 0.25) is 0 Å². The van der Waals surface area contributed by atoms with E-state index in [4.69, 9.17) is 4.74 Å². The van der Waals surface area contributed by atoms with Crippen LogP contribution in [0.1, 0.15) is 51.2 Å². The van der Waals surface area contributed by atoms with E-state index in [1.54, 1.807) is 14.2 Å². The number of nitrogens with one attached hydrogen (secondary N) is 2. The first-order chi connectivity index (χ1) is 12.4. The summed E-state index contributed by atoms with van der Waals surface area (Å²) in [6.45, 7) is 10.2. The highest BCUT2D eigenvalue weighted by Crippen LogP contribution is 2.20. The molecule has 0 amide bonds. The Kier molecular flexibility index (Phi) is 10.6. The number of rotatable bonds is 7. The third-order valence-corrected chi connectivity index (χ3v) is 5.34. The fourth-order valence-electron chi connectivity index (χ4n) is 3.26. The van der Waals surface area contributed by atoms with Gasteiger partial charge in [-0.1, -0.05) is 30.7 Å². The molecule has 1 fully saturated rings. The minimum absolute atomic E-state index is 0. The van der Waals surface area contributed by atoms with E-state index >= 15 is 0 Å². The van der Waals surface area contributed by atoms with Gasteiger partial charge >= 0.3 is 0 Å². The summed E-state index contributed by atoms with van der Waals surface area (Å²) in [6.07, 6.45) is 3.99. The van der Waals surface area contributed by atoms with Crippen LogP contribution in [0.3, 0.4) is 0 Å². The Morgan fingerprint density at radius 3 is 2.56 bits per heavy atom. The monoisotopic (exact) mass is 488 g/mol. The van der Waals surface area contributed by atoms with Crippen molar-refractivity contribution in [1.82, 2.24) is 15.5 Å². The van der Waals surface area contributed by atoms with Crippen LogP contribution in [0.5, 0.6) is 0 Å². The van der Waals surface area contributed by atoms with Crippen molar-refractivity contribution in [2.75, 3.05) is 27.2 Å². The predicted octanol–water partition coefficient (Wildman–Crippen LogP) is 3.77. The van der Waals surface area contributed by atoms with Gasteiger partial charge in [0.25, 0.3) is 0 Å². The smallest absolute Gasteiger partial charge is 0.191 e. The molecule has 0 aliphatic carbocycles. The molecule has 2 rings (SSSR count). The van der Waals surface area contributed by atoms with Crippen LogP contribution in [0.25, 0.3) is 0 Å². The number of benzene rings is 1. The van der Waals surface area contributed by atoms with Crippen molar-refractivity contribution in [3.8, 4) is 0 Å². The van der Waals surface area contributed by atoms with Crippen LogP contribution in [-0.4, -0.2) is 49.7 Å². The van der Waals surface area contributed by atoms with Gasteiger partial charge in [-0.15, -0.1) is 24.0 Å². The van der Waals surface area contributed by atoms with Crippen molar-refractivity contribution in [3.63, 3.8) is 0 Å². The maximum Gasteiger partial charge on any atom is 0.191 e. The molecule has 1 unspecified atom stereocenters. The molecule has 154 valence electrons. The highest BCUT2D eigenvalue weighted by molar-refractivity contribution is 14.0. The largest absolute Gasteiger partial charge is 0.377 e. The van der Waals surface area contributed by atoms with Crippen LogP contribution in [0.15, 0.2) is 29.3 Å². The van der Waals surface area contributed by atoms with Gasteiger partial charge in [0.05, 0.1) is 5.60 Å². The van der Waals surface area contributed by atoms with Crippen LogP contribution >= 0.6 is 24.0 Å². The number of piperidine rings is 1. The summed E-state index contributed by atoms with van der Waals surface area (Å²) < 4.78 is 5.46. The van der Waals surface area contributed by atoms with Gasteiger partial charge in [0.15, 0.2) is 5.96 Å². The maximum atomic E-state index is 5.46. The number of aliphatic imine (C=N–C) groups is 1. The normalized spacial score (nSPS) is 18.7. The molecule has 2 N–H and O–H groups in total. The van der Waals surface area contributed by atoms with Gasteiger partial charge in [-0.05, 0) is 51.3 Å². The Morgan fingerprint density at radius 1 is 1.22 bits per heavy atom. The van der Waals surface area contributed by atoms with Gasteiger partial charge < -0.3 is 15.4 Å². The molecule has 5 nitrogen and oxygen atoms in total. The Labute approximate surface area is 182 Å². The predicted molar refractivity (Wildman–Crippen MR) is 125 cm³/mol. The molecular formula is C21H37IN4O. The van der Waals surface area contributed by atoms with E-state index in [1.165, 1.54) is 36.9 Å². The molecule has 1 atom stereocenters. The fraction of sp³-hybridized carbons (Fsp3) is 0.667. The molecule has 0 bridgehead atoms. The zero-order chi connectivity index (χ0) is 19.0. The minimum atomic E-state index is -0.222. The molecule has 0 radical (unpaired) electrons. The standard InChI is InChI=1S/C21H36N4O.HI/c1-17-10-8-9-13-25(17)15-19-12-7-6-11-18(19)14-23-20(22-4)24-16-21(2,3)26-5;/h6-7,11-12,17H,8-10,13-16H2,1-5H3,(H2,22,23,24);1H. The van der Waals surface area contributed by atoms with Crippen molar-refractivity contribution in [1.29, 1.82) is 0 Å². The van der Waals surface area contributed by atoms with E-state index in [0.717, 1.165) is 19.0 Å². The molecule has 1 heterocycles. The number of guanidine groups is 1. The molecule has 27 heavy (non-hydrogen) atoms. The number of hydrogen-bond acceptors (Lipinski definition) is 3. The second kappa shape index (κ2) is 11.9. The molecule has 1 aromatic rings. The Balaban J connectivity index is 0.00000364. The molecule has 1 saturated heterocycles. The lowest BCUT2D eigenvalue weighted by molar-refractivity contribution is 0.0268. The first-order valence-electron chi connectivity index (χ1n) is 9.75. The van der Waals surface area contributed by atoms with E-state index < -0.39 is 0 Å². The summed E-state index contributed by atoms with van der Waals surface area (Å²) in [5, 5.41) is 6.78. The first kappa shape index (κ1) is 24.2. The third-order valence-electron chi connectivity index (χ3n) is 5.34. The van der Waals surface area contributed by atoms with Crippen molar-refractivity contribution in [2.24, 2.45) is 4.99 Å². The topological polar surface area (TPSA) is 48.9 Å². The fourth-order valence-corrected chi connectivity index (χ4v) is 3.26. The lowest BCUT2D eigenvalue weighted by Gasteiger charge is -2.33. The average Bonchev–Trinajstić information content (AvgIpc) is 2.65. The second-order valence-corrected chi connectivity index (χ2v) is 7.83. The number of nitrogens with zero attached hydrogens (tertiary/aromatic N) is 2. The summed E-state index contributed by atoms with van der Waals surface area (Å²) in [5.41, 5.74) is 2.51. The highest BCUT2D eigenvalue weighted by Gasteiger charge is 2.19. The van der Waals surface area contributed by atoms with E-state index in [2.05, 4.69) is 65.6 Å². The quantitative estimate of drug-likeness (QED) is 0.349. The number of hydrogen-bond donors (Lipinski definition) is 2.